The van der Waals surface area contributed by atoms with E-state index in [1.54, 1.807) is 11.3 Å². The Balaban J connectivity index is 1.50. The van der Waals surface area contributed by atoms with Gasteiger partial charge in [0.15, 0.2) is 5.65 Å². The number of nitrogens with zero attached hydrogens (tertiary/aromatic N) is 4. The molecular weight excluding hydrogens is 356 g/mol. The van der Waals surface area contributed by atoms with Gasteiger partial charge in [0.2, 0.25) is 0 Å². The second-order valence-corrected chi connectivity index (χ2v) is 9.19. The monoisotopic (exact) mass is 382 g/mol. The summed E-state index contributed by atoms with van der Waals surface area (Å²) in [5, 5.41) is 0. The molecule has 27 heavy (non-hydrogen) atoms. The first-order chi connectivity index (χ1) is 13.0. The lowest BCUT2D eigenvalue weighted by molar-refractivity contribution is 0.0791. The number of carbonyl (C=O) groups is 1. The molecule has 1 atom stereocenters. The van der Waals surface area contributed by atoms with Gasteiger partial charge in [-0.3, -0.25) is 4.79 Å². The summed E-state index contributed by atoms with van der Waals surface area (Å²) in [6.07, 6.45) is 3.77. The molecule has 5 nitrogen and oxygen atoms in total. The number of thiophene rings is 1. The zero-order valence-electron chi connectivity index (χ0n) is 16.2. The Morgan fingerprint density at radius 3 is 2.93 bits per heavy atom. The number of amides is 1. The smallest absolute Gasteiger partial charge is 0.263 e. The molecule has 3 aromatic heterocycles. The molecular formula is C21H26N4OS. The molecule has 6 heteroatoms. The molecule has 0 aromatic carbocycles. The largest absolute Gasteiger partial charge is 0.338 e. The maximum Gasteiger partial charge on any atom is 0.263 e. The predicted molar refractivity (Wildman–Crippen MR) is 109 cm³/mol. The van der Waals surface area contributed by atoms with Crippen LogP contribution in [0.3, 0.4) is 0 Å². The molecule has 142 valence electrons. The van der Waals surface area contributed by atoms with Crippen molar-refractivity contribution in [2.75, 3.05) is 13.1 Å². The van der Waals surface area contributed by atoms with Crippen molar-refractivity contribution in [3.05, 3.63) is 46.0 Å². The third-order valence-corrected chi connectivity index (χ3v) is 6.11. The minimum atomic E-state index is 0.174. The molecule has 0 bridgehead atoms. The van der Waals surface area contributed by atoms with E-state index in [0.29, 0.717) is 11.8 Å². The van der Waals surface area contributed by atoms with Crippen LogP contribution in [0.1, 0.15) is 40.6 Å². The fraction of sp³-hybridized carbons (Fsp3) is 0.476. The van der Waals surface area contributed by atoms with E-state index in [1.807, 2.05) is 42.3 Å². The molecule has 1 saturated heterocycles. The van der Waals surface area contributed by atoms with Gasteiger partial charge in [0, 0.05) is 37.1 Å². The van der Waals surface area contributed by atoms with Crippen LogP contribution in [0.15, 0.2) is 30.5 Å². The van der Waals surface area contributed by atoms with Gasteiger partial charge in [-0.15, -0.1) is 11.3 Å². The average molecular weight is 383 g/mol. The fourth-order valence-corrected chi connectivity index (χ4v) is 4.70. The lowest BCUT2D eigenvalue weighted by atomic mass is 10.0. The van der Waals surface area contributed by atoms with Crippen molar-refractivity contribution in [3.63, 3.8) is 0 Å². The first-order valence-corrected chi connectivity index (χ1v) is 10.5. The van der Waals surface area contributed by atoms with Crippen molar-refractivity contribution in [1.29, 1.82) is 0 Å². The summed E-state index contributed by atoms with van der Waals surface area (Å²) in [4.78, 5) is 26.2. The predicted octanol–water partition coefficient (Wildman–Crippen LogP) is 4.16. The van der Waals surface area contributed by atoms with E-state index in [9.17, 15) is 4.79 Å². The minimum absolute atomic E-state index is 0.174. The summed E-state index contributed by atoms with van der Waals surface area (Å²) in [5.41, 5.74) is 1.94. The number of carbonyl (C=O) groups excluding carboxylic acids is 1. The number of aromatic nitrogens is 3. The van der Waals surface area contributed by atoms with Gasteiger partial charge in [-0.25, -0.2) is 9.97 Å². The van der Waals surface area contributed by atoms with Crippen molar-refractivity contribution in [2.45, 2.75) is 40.2 Å². The van der Waals surface area contributed by atoms with Gasteiger partial charge in [0.1, 0.15) is 11.3 Å². The SMILES string of the molecule is Cc1ccc(C(=O)N2CC[C@H](Cc3nc4cccnc4n3CC(C)C)C2)s1. The first kappa shape index (κ1) is 18.2. The molecule has 0 spiro atoms. The molecule has 0 saturated carbocycles. The summed E-state index contributed by atoms with van der Waals surface area (Å²) in [6, 6.07) is 7.94. The maximum atomic E-state index is 12.7. The highest BCUT2D eigenvalue weighted by Gasteiger charge is 2.29. The van der Waals surface area contributed by atoms with E-state index < -0.39 is 0 Å². The summed E-state index contributed by atoms with van der Waals surface area (Å²) in [7, 11) is 0. The Labute approximate surface area is 164 Å². The molecule has 3 aromatic rings. The van der Waals surface area contributed by atoms with Crippen LogP contribution < -0.4 is 0 Å². The number of imidazole rings is 1. The zero-order valence-corrected chi connectivity index (χ0v) is 17.0. The van der Waals surface area contributed by atoms with E-state index in [0.717, 1.165) is 54.3 Å². The Kier molecular flexibility index (Phi) is 5.00. The number of rotatable bonds is 5. The van der Waals surface area contributed by atoms with Crippen LogP contribution in [0.25, 0.3) is 11.2 Å². The van der Waals surface area contributed by atoms with Crippen molar-refractivity contribution in [3.8, 4) is 0 Å². The van der Waals surface area contributed by atoms with Gasteiger partial charge >= 0.3 is 0 Å². The number of pyridine rings is 1. The number of fused-ring (bicyclic) bond motifs is 1. The van der Waals surface area contributed by atoms with Gasteiger partial charge in [-0.2, -0.15) is 0 Å². The summed E-state index contributed by atoms with van der Waals surface area (Å²) < 4.78 is 2.27. The zero-order chi connectivity index (χ0) is 19.0. The number of hydrogen-bond donors (Lipinski definition) is 0. The summed E-state index contributed by atoms with van der Waals surface area (Å²) >= 11 is 1.58. The highest BCUT2D eigenvalue weighted by atomic mass is 32.1. The van der Waals surface area contributed by atoms with Crippen LogP contribution in [0.4, 0.5) is 0 Å². The Morgan fingerprint density at radius 2 is 2.19 bits per heavy atom. The normalized spacial score (nSPS) is 17.3. The Hall–Kier alpha value is -2.21. The van der Waals surface area contributed by atoms with Crippen molar-refractivity contribution >= 4 is 28.4 Å². The topological polar surface area (TPSA) is 51.0 Å². The third kappa shape index (κ3) is 3.76. The molecule has 1 fully saturated rings. The second kappa shape index (κ2) is 7.43. The standard InChI is InChI=1S/C21H26N4OS/c1-14(2)12-25-19(23-17-5-4-9-22-20(17)25)11-16-8-10-24(13-16)21(26)18-7-6-15(3)27-18/h4-7,9,14,16H,8,10-13H2,1-3H3/t16-/m1/s1. The molecule has 0 aliphatic carbocycles. The van der Waals surface area contributed by atoms with E-state index in [2.05, 4.69) is 23.4 Å². The quantitative estimate of drug-likeness (QED) is 0.666. The van der Waals surface area contributed by atoms with Gasteiger partial charge < -0.3 is 9.47 Å². The van der Waals surface area contributed by atoms with Crippen LogP contribution in [0.5, 0.6) is 0 Å². The lowest BCUT2D eigenvalue weighted by Gasteiger charge is -2.16. The van der Waals surface area contributed by atoms with Crippen molar-refractivity contribution in [2.24, 2.45) is 11.8 Å². The van der Waals surface area contributed by atoms with Crippen LogP contribution in [-0.4, -0.2) is 38.4 Å². The highest BCUT2D eigenvalue weighted by molar-refractivity contribution is 7.13. The molecule has 4 rings (SSSR count). The first-order valence-electron chi connectivity index (χ1n) is 9.67. The van der Waals surface area contributed by atoms with E-state index in [4.69, 9.17) is 4.98 Å². The molecule has 1 aliphatic rings. The number of likely N-dealkylation sites (tertiary alicyclic amines) is 1. The second-order valence-electron chi connectivity index (χ2n) is 7.90. The molecule has 0 N–H and O–H groups in total. The van der Waals surface area contributed by atoms with Gasteiger partial charge in [-0.1, -0.05) is 13.8 Å². The van der Waals surface area contributed by atoms with Crippen LogP contribution in [-0.2, 0) is 13.0 Å². The lowest BCUT2D eigenvalue weighted by Crippen LogP contribution is -2.28. The average Bonchev–Trinajstić information content (AvgIpc) is 3.35. The molecule has 4 heterocycles. The van der Waals surface area contributed by atoms with Crippen LogP contribution in [0, 0.1) is 18.8 Å². The highest BCUT2D eigenvalue weighted by Crippen LogP contribution is 2.26. The Bertz CT molecular complexity index is 958. The molecule has 1 aliphatic heterocycles. The van der Waals surface area contributed by atoms with E-state index in [-0.39, 0.29) is 5.91 Å². The van der Waals surface area contributed by atoms with Gasteiger partial charge in [-0.05, 0) is 49.4 Å². The van der Waals surface area contributed by atoms with Crippen LogP contribution in [0.2, 0.25) is 0 Å². The van der Waals surface area contributed by atoms with Crippen LogP contribution >= 0.6 is 11.3 Å². The maximum absolute atomic E-state index is 12.7. The Morgan fingerprint density at radius 1 is 1.33 bits per heavy atom. The van der Waals surface area contributed by atoms with E-state index >= 15 is 0 Å². The summed E-state index contributed by atoms with van der Waals surface area (Å²) in [5.74, 6) is 2.27. The van der Waals surface area contributed by atoms with Crippen molar-refractivity contribution in [1.82, 2.24) is 19.4 Å². The van der Waals surface area contributed by atoms with Gasteiger partial charge in [0.25, 0.3) is 5.91 Å². The minimum Gasteiger partial charge on any atom is -0.338 e. The summed E-state index contributed by atoms with van der Waals surface area (Å²) in [6.45, 7) is 9.06. The number of hydrogen-bond acceptors (Lipinski definition) is 4. The fourth-order valence-electron chi connectivity index (χ4n) is 3.87. The molecule has 1 amide bonds. The third-order valence-electron chi connectivity index (χ3n) is 5.13. The molecule has 0 radical (unpaired) electrons. The number of aryl methyl sites for hydroxylation is 1. The van der Waals surface area contributed by atoms with E-state index in [1.165, 1.54) is 4.88 Å². The van der Waals surface area contributed by atoms with Crippen molar-refractivity contribution < 1.29 is 4.79 Å². The van der Waals surface area contributed by atoms with Gasteiger partial charge in [0.05, 0.1) is 4.88 Å². The molecule has 0 unspecified atom stereocenters.